The molecule has 0 bridgehead atoms. The topological polar surface area (TPSA) is 66.5 Å². The minimum atomic E-state index is -3.74. The van der Waals surface area contributed by atoms with Gasteiger partial charge in [-0.2, -0.15) is 4.31 Å². The SMILES string of the molecule is Cc1cc(C)c(S(=O)(=O)N(C)CC(=O)Nc2ccccc2C)c(C)c1. The molecule has 0 aliphatic rings. The third-order valence-corrected chi connectivity index (χ3v) is 6.17. The summed E-state index contributed by atoms with van der Waals surface area (Å²) in [5, 5.41) is 2.76. The normalized spacial score (nSPS) is 11.6. The molecule has 0 aliphatic heterocycles. The van der Waals surface area contributed by atoms with Gasteiger partial charge in [-0.15, -0.1) is 0 Å². The van der Waals surface area contributed by atoms with Crippen LogP contribution in [0.1, 0.15) is 22.3 Å². The summed E-state index contributed by atoms with van der Waals surface area (Å²) in [5.41, 5.74) is 3.98. The Hall–Kier alpha value is -2.18. The van der Waals surface area contributed by atoms with Crippen LogP contribution in [0.15, 0.2) is 41.3 Å². The number of nitrogens with one attached hydrogen (secondary N) is 1. The lowest BCUT2D eigenvalue weighted by Gasteiger charge is -2.20. The van der Waals surface area contributed by atoms with Gasteiger partial charge < -0.3 is 5.32 Å². The van der Waals surface area contributed by atoms with E-state index in [0.29, 0.717) is 16.8 Å². The molecule has 2 rings (SSSR count). The van der Waals surface area contributed by atoms with Crippen LogP contribution in [-0.4, -0.2) is 32.2 Å². The number of sulfonamides is 1. The van der Waals surface area contributed by atoms with Crippen molar-refractivity contribution in [2.45, 2.75) is 32.6 Å². The predicted molar refractivity (Wildman–Crippen MR) is 100 cm³/mol. The maximum absolute atomic E-state index is 12.9. The molecule has 0 radical (unpaired) electrons. The Morgan fingerprint density at radius 3 is 2.12 bits per heavy atom. The zero-order chi connectivity index (χ0) is 18.8. The van der Waals surface area contributed by atoms with Gasteiger partial charge >= 0.3 is 0 Å². The Morgan fingerprint density at radius 2 is 1.56 bits per heavy atom. The molecule has 0 unspecified atom stereocenters. The molecule has 2 aromatic rings. The van der Waals surface area contributed by atoms with Crippen LogP contribution in [-0.2, 0) is 14.8 Å². The second-order valence-electron chi connectivity index (χ2n) is 6.35. The van der Waals surface area contributed by atoms with Crippen LogP contribution < -0.4 is 5.32 Å². The third-order valence-electron chi connectivity index (χ3n) is 4.06. The van der Waals surface area contributed by atoms with Crippen molar-refractivity contribution in [1.82, 2.24) is 4.31 Å². The van der Waals surface area contributed by atoms with Gasteiger partial charge in [0.05, 0.1) is 11.4 Å². The van der Waals surface area contributed by atoms with Crippen LogP contribution in [0.4, 0.5) is 5.69 Å². The van der Waals surface area contributed by atoms with Crippen molar-refractivity contribution in [2.24, 2.45) is 0 Å². The van der Waals surface area contributed by atoms with Crippen molar-refractivity contribution >= 4 is 21.6 Å². The molecular weight excluding hydrogens is 336 g/mol. The first-order valence-corrected chi connectivity index (χ1v) is 9.46. The largest absolute Gasteiger partial charge is 0.325 e. The van der Waals surface area contributed by atoms with Gasteiger partial charge in [-0.1, -0.05) is 35.9 Å². The lowest BCUT2D eigenvalue weighted by Crippen LogP contribution is -2.35. The summed E-state index contributed by atoms with van der Waals surface area (Å²) in [6.45, 7) is 7.11. The maximum Gasteiger partial charge on any atom is 0.243 e. The molecule has 0 fully saturated rings. The van der Waals surface area contributed by atoms with Crippen molar-refractivity contribution < 1.29 is 13.2 Å². The lowest BCUT2D eigenvalue weighted by atomic mass is 10.1. The average molecular weight is 360 g/mol. The van der Waals surface area contributed by atoms with Gasteiger partial charge in [-0.3, -0.25) is 4.79 Å². The van der Waals surface area contributed by atoms with E-state index in [1.807, 2.05) is 44.2 Å². The number of carbonyl (C=O) groups is 1. The smallest absolute Gasteiger partial charge is 0.243 e. The Kier molecular flexibility index (Phi) is 5.65. The van der Waals surface area contributed by atoms with E-state index in [-0.39, 0.29) is 17.3 Å². The zero-order valence-electron chi connectivity index (χ0n) is 15.3. The highest BCUT2D eigenvalue weighted by atomic mass is 32.2. The van der Waals surface area contributed by atoms with Crippen LogP contribution in [0, 0.1) is 27.7 Å². The highest BCUT2D eigenvalue weighted by molar-refractivity contribution is 7.89. The molecule has 1 N–H and O–H groups in total. The van der Waals surface area contributed by atoms with Gasteiger partial charge in [-0.25, -0.2) is 8.42 Å². The number of anilines is 1. The number of hydrogen-bond donors (Lipinski definition) is 1. The minimum Gasteiger partial charge on any atom is -0.325 e. The number of likely N-dealkylation sites (N-methyl/N-ethyl adjacent to an activating group) is 1. The van der Waals surface area contributed by atoms with Gasteiger partial charge in [0.25, 0.3) is 0 Å². The van der Waals surface area contributed by atoms with E-state index in [4.69, 9.17) is 0 Å². The molecule has 0 heterocycles. The average Bonchev–Trinajstić information content (AvgIpc) is 2.48. The third kappa shape index (κ3) is 4.27. The molecule has 25 heavy (non-hydrogen) atoms. The summed E-state index contributed by atoms with van der Waals surface area (Å²) in [5.74, 6) is -0.372. The van der Waals surface area contributed by atoms with Gasteiger partial charge in [-0.05, 0) is 50.5 Å². The molecule has 0 saturated heterocycles. The number of para-hydroxylation sites is 1. The van der Waals surface area contributed by atoms with Crippen molar-refractivity contribution in [2.75, 3.05) is 18.9 Å². The second-order valence-corrected chi connectivity index (χ2v) is 8.33. The zero-order valence-corrected chi connectivity index (χ0v) is 16.1. The number of rotatable bonds is 5. The van der Waals surface area contributed by atoms with E-state index in [2.05, 4.69) is 5.32 Å². The standard InChI is InChI=1S/C19H24N2O3S/c1-13-10-15(3)19(16(4)11-13)25(23,24)21(5)12-18(22)20-17-9-7-6-8-14(17)2/h6-11H,12H2,1-5H3,(H,20,22). The van der Waals surface area contributed by atoms with E-state index in [0.717, 1.165) is 15.4 Å². The molecule has 134 valence electrons. The van der Waals surface area contributed by atoms with Crippen molar-refractivity contribution in [3.8, 4) is 0 Å². The number of amides is 1. The van der Waals surface area contributed by atoms with Gasteiger partial charge in [0.1, 0.15) is 0 Å². The quantitative estimate of drug-likeness (QED) is 0.890. The summed E-state index contributed by atoms with van der Waals surface area (Å²) in [4.78, 5) is 12.5. The van der Waals surface area contributed by atoms with Crippen LogP contribution in [0.25, 0.3) is 0 Å². The van der Waals surface area contributed by atoms with Crippen LogP contribution in [0.2, 0.25) is 0 Å². The molecular formula is C19H24N2O3S. The maximum atomic E-state index is 12.9. The lowest BCUT2D eigenvalue weighted by molar-refractivity contribution is -0.116. The molecule has 2 aromatic carbocycles. The summed E-state index contributed by atoms with van der Waals surface area (Å²) >= 11 is 0. The monoisotopic (exact) mass is 360 g/mol. The Balaban J connectivity index is 2.21. The van der Waals surface area contributed by atoms with Crippen LogP contribution in [0.3, 0.4) is 0 Å². The number of carbonyl (C=O) groups excluding carboxylic acids is 1. The van der Waals surface area contributed by atoms with E-state index >= 15 is 0 Å². The number of nitrogens with zero attached hydrogens (tertiary/aromatic N) is 1. The Labute approximate surface area is 149 Å². The first-order valence-electron chi connectivity index (χ1n) is 8.02. The van der Waals surface area contributed by atoms with Gasteiger partial charge in [0, 0.05) is 12.7 Å². The fourth-order valence-electron chi connectivity index (χ4n) is 2.92. The van der Waals surface area contributed by atoms with Gasteiger partial charge in [0.15, 0.2) is 0 Å². The highest BCUT2D eigenvalue weighted by Gasteiger charge is 2.26. The number of aryl methyl sites for hydroxylation is 4. The summed E-state index contributed by atoms with van der Waals surface area (Å²) in [7, 11) is -2.32. The molecule has 0 saturated carbocycles. The van der Waals surface area contributed by atoms with Crippen molar-refractivity contribution in [3.63, 3.8) is 0 Å². The molecule has 5 nitrogen and oxygen atoms in total. The second kappa shape index (κ2) is 7.37. The number of benzene rings is 2. The van der Waals surface area contributed by atoms with E-state index < -0.39 is 10.0 Å². The van der Waals surface area contributed by atoms with E-state index in [1.165, 1.54) is 7.05 Å². The minimum absolute atomic E-state index is 0.247. The predicted octanol–water partition coefficient (Wildman–Crippen LogP) is 3.18. The van der Waals surface area contributed by atoms with E-state index in [9.17, 15) is 13.2 Å². The molecule has 0 spiro atoms. The van der Waals surface area contributed by atoms with E-state index in [1.54, 1.807) is 19.9 Å². The molecule has 6 heteroatoms. The Bertz CT molecular complexity index is 882. The summed E-state index contributed by atoms with van der Waals surface area (Å²) < 4.78 is 26.9. The summed E-state index contributed by atoms with van der Waals surface area (Å²) in [6.07, 6.45) is 0. The number of hydrogen-bond acceptors (Lipinski definition) is 3. The fraction of sp³-hybridized carbons (Fsp3) is 0.316. The molecule has 0 aliphatic carbocycles. The molecule has 0 aromatic heterocycles. The Morgan fingerprint density at radius 1 is 1.00 bits per heavy atom. The van der Waals surface area contributed by atoms with Crippen molar-refractivity contribution in [1.29, 1.82) is 0 Å². The summed E-state index contributed by atoms with van der Waals surface area (Å²) in [6, 6.07) is 11.0. The van der Waals surface area contributed by atoms with Crippen LogP contribution >= 0.6 is 0 Å². The van der Waals surface area contributed by atoms with Gasteiger partial charge in [0.2, 0.25) is 15.9 Å². The van der Waals surface area contributed by atoms with Crippen LogP contribution in [0.5, 0.6) is 0 Å². The van der Waals surface area contributed by atoms with Crippen molar-refractivity contribution in [3.05, 3.63) is 58.7 Å². The fourth-order valence-corrected chi connectivity index (χ4v) is 4.45. The highest BCUT2D eigenvalue weighted by Crippen LogP contribution is 2.24. The first kappa shape index (κ1) is 19.1. The first-order chi connectivity index (χ1) is 11.6. The molecule has 0 atom stereocenters. The molecule has 1 amide bonds.